The van der Waals surface area contributed by atoms with E-state index in [4.69, 9.17) is 0 Å². The van der Waals surface area contributed by atoms with Gasteiger partial charge in [0.2, 0.25) is 0 Å². The van der Waals surface area contributed by atoms with Crippen LogP contribution in [0, 0.1) is 6.92 Å². The van der Waals surface area contributed by atoms with Gasteiger partial charge < -0.3 is 0 Å². The van der Waals surface area contributed by atoms with E-state index in [0.29, 0.717) is 12.0 Å². The number of aldehydes is 1. The summed E-state index contributed by atoms with van der Waals surface area (Å²) in [4.78, 5) is 10.4. The van der Waals surface area contributed by atoms with E-state index in [1.54, 1.807) is 12.1 Å². The van der Waals surface area contributed by atoms with E-state index in [1.165, 1.54) is 5.56 Å². The third-order valence-electron chi connectivity index (χ3n) is 2.15. The lowest BCUT2D eigenvalue weighted by Gasteiger charge is -1.99. The second-order valence-electron chi connectivity index (χ2n) is 3.33. The molecule has 3 nitrogen and oxygen atoms in total. The van der Waals surface area contributed by atoms with E-state index in [1.807, 2.05) is 31.2 Å². The van der Waals surface area contributed by atoms with Crippen molar-refractivity contribution in [1.82, 2.24) is 10.2 Å². The minimum absolute atomic E-state index is 0.353. The molecule has 0 radical (unpaired) electrons. The summed E-state index contributed by atoms with van der Waals surface area (Å²) in [6.45, 7) is 2.03. The molecule has 15 heavy (non-hydrogen) atoms. The van der Waals surface area contributed by atoms with Gasteiger partial charge in [-0.3, -0.25) is 4.79 Å². The maximum absolute atomic E-state index is 10.4. The Balaban J connectivity index is 2.37. The molecule has 74 valence electrons. The van der Waals surface area contributed by atoms with Crippen LogP contribution in [0.15, 0.2) is 36.4 Å². The monoisotopic (exact) mass is 198 g/mol. The fourth-order valence-electron chi connectivity index (χ4n) is 1.28. The van der Waals surface area contributed by atoms with Crippen LogP contribution in [0.3, 0.4) is 0 Å². The van der Waals surface area contributed by atoms with Crippen LogP contribution in [-0.2, 0) is 0 Å². The quantitative estimate of drug-likeness (QED) is 0.695. The van der Waals surface area contributed by atoms with E-state index >= 15 is 0 Å². The number of carbonyl (C=O) groups excluding carboxylic acids is 1. The SMILES string of the molecule is Cc1ccc(-c2ccc(C=O)nn2)cc1. The fourth-order valence-corrected chi connectivity index (χ4v) is 1.28. The molecule has 0 saturated carbocycles. The van der Waals surface area contributed by atoms with Gasteiger partial charge in [-0.05, 0) is 19.1 Å². The molecule has 0 amide bonds. The normalized spacial score (nSPS) is 9.93. The first kappa shape index (κ1) is 9.52. The minimum Gasteiger partial charge on any atom is -0.296 e. The Morgan fingerprint density at radius 1 is 1.00 bits per heavy atom. The molecule has 1 aromatic heterocycles. The van der Waals surface area contributed by atoms with Gasteiger partial charge in [-0.1, -0.05) is 29.8 Å². The summed E-state index contributed by atoms with van der Waals surface area (Å²) >= 11 is 0. The third-order valence-corrected chi connectivity index (χ3v) is 2.15. The van der Waals surface area contributed by atoms with Crippen molar-refractivity contribution < 1.29 is 4.79 Å². The van der Waals surface area contributed by atoms with Gasteiger partial charge >= 0.3 is 0 Å². The second-order valence-corrected chi connectivity index (χ2v) is 3.33. The number of aryl methyl sites for hydroxylation is 1. The van der Waals surface area contributed by atoms with Gasteiger partial charge in [0.1, 0.15) is 5.69 Å². The summed E-state index contributed by atoms with van der Waals surface area (Å²) in [5, 5.41) is 7.75. The molecule has 1 aromatic carbocycles. The van der Waals surface area contributed by atoms with Crippen LogP contribution in [0.25, 0.3) is 11.3 Å². The standard InChI is InChI=1S/C12H10N2O/c1-9-2-4-10(5-3-9)12-7-6-11(8-15)13-14-12/h2-8H,1H3. The lowest BCUT2D eigenvalue weighted by atomic mass is 10.1. The highest BCUT2D eigenvalue weighted by Crippen LogP contribution is 2.16. The van der Waals surface area contributed by atoms with Crippen LogP contribution >= 0.6 is 0 Å². The Morgan fingerprint density at radius 3 is 2.27 bits per heavy atom. The molecule has 3 heteroatoms. The Labute approximate surface area is 87.8 Å². The number of aromatic nitrogens is 2. The van der Waals surface area contributed by atoms with Crippen LogP contribution < -0.4 is 0 Å². The van der Waals surface area contributed by atoms with Gasteiger partial charge in [-0.25, -0.2) is 0 Å². The van der Waals surface area contributed by atoms with Crippen LogP contribution in [0.1, 0.15) is 16.1 Å². The molecule has 0 atom stereocenters. The maximum Gasteiger partial charge on any atom is 0.170 e. The molecule has 1 heterocycles. The zero-order chi connectivity index (χ0) is 10.7. The summed E-state index contributed by atoms with van der Waals surface area (Å²) in [5.74, 6) is 0. The molecule has 2 rings (SSSR count). The average Bonchev–Trinajstić information content (AvgIpc) is 2.30. The van der Waals surface area contributed by atoms with Crippen molar-refractivity contribution >= 4 is 6.29 Å². The van der Waals surface area contributed by atoms with Gasteiger partial charge in [0.25, 0.3) is 0 Å². The molecule has 0 bridgehead atoms. The Bertz CT molecular complexity index is 460. The first-order chi connectivity index (χ1) is 7.29. The Hall–Kier alpha value is -2.03. The lowest BCUT2D eigenvalue weighted by Crippen LogP contribution is -1.92. The van der Waals surface area contributed by atoms with Gasteiger partial charge in [0.15, 0.2) is 6.29 Å². The fraction of sp³-hybridized carbons (Fsp3) is 0.0833. The van der Waals surface area contributed by atoms with E-state index in [9.17, 15) is 4.79 Å². The van der Waals surface area contributed by atoms with Gasteiger partial charge in [0.05, 0.1) is 5.69 Å². The summed E-state index contributed by atoms with van der Waals surface area (Å²) in [6.07, 6.45) is 0.686. The largest absolute Gasteiger partial charge is 0.296 e. The number of hydrogen-bond donors (Lipinski definition) is 0. The molecule has 0 aliphatic carbocycles. The summed E-state index contributed by atoms with van der Waals surface area (Å²) in [6, 6.07) is 11.5. The first-order valence-corrected chi connectivity index (χ1v) is 4.65. The molecule has 0 unspecified atom stereocenters. The van der Waals surface area contributed by atoms with Crippen LogP contribution in [0.5, 0.6) is 0 Å². The number of carbonyl (C=O) groups is 1. The van der Waals surface area contributed by atoms with Gasteiger partial charge in [0, 0.05) is 5.56 Å². The molecular formula is C12H10N2O. The van der Waals surface area contributed by atoms with Crippen molar-refractivity contribution in [2.45, 2.75) is 6.92 Å². The number of hydrogen-bond acceptors (Lipinski definition) is 3. The number of nitrogens with zero attached hydrogens (tertiary/aromatic N) is 2. The number of benzene rings is 1. The zero-order valence-electron chi connectivity index (χ0n) is 8.34. The molecule has 0 fully saturated rings. The van der Waals surface area contributed by atoms with Crippen molar-refractivity contribution in [2.75, 3.05) is 0 Å². The van der Waals surface area contributed by atoms with Crippen molar-refractivity contribution in [3.05, 3.63) is 47.7 Å². The molecule has 0 aliphatic rings. The predicted molar refractivity (Wildman–Crippen MR) is 57.6 cm³/mol. The van der Waals surface area contributed by atoms with E-state index < -0.39 is 0 Å². The van der Waals surface area contributed by atoms with Crippen LogP contribution in [0.4, 0.5) is 0 Å². The highest BCUT2D eigenvalue weighted by Gasteiger charge is 1.99. The Kier molecular flexibility index (Phi) is 2.54. The maximum atomic E-state index is 10.4. The molecule has 0 spiro atoms. The molecule has 0 aliphatic heterocycles. The number of rotatable bonds is 2. The van der Waals surface area contributed by atoms with E-state index in [0.717, 1.165) is 11.3 Å². The average molecular weight is 198 g/mol. The lowest BCUT2D eigenvalue weighted by molar-refractivity contribution is 0.111. The highest BCUT2D eigenvalue weighted by atomic mass is 16.1. The summed E-state index contributed by atoms with van der Waals surface area (Å²) in [7, 11) is 0. The molecule has 2 aromatic rings. The Morgan fingerprint density at radius 2 is 1.73 bits per heavy atom. The van der Waals surface area contributed by atoms with E-state index in [2.05, 4.69) is 10.2 Å². The van der Waals surface area contributed by atoms with Crippen molar-refractivity contribution in [3.8, 4) is 11.3 Å². The summed E-state index contributed by atoms with van der Waals surface area (Å²) < 4.78 is 0. The third kappa shape index (κ3) is 2.07. The minimum atomic E-state index is 0.353. The topological polar surface area (TPSA) is 42.9 Å². The summed E-state index contributed by atoms with van der Waals surface area (Å²) in [5.41, 5.74) is 3.34. The van der Waals surface area contributed by atoms with E-state index in [-0.39, 0.29) is 0 Å². The molecule has 0 saturated heterocycles. The predicted octanol–water partition coefficient (Wildman–Crippen LogP) is 2.26. The highest BCUT2D eigenvalue weighted by molar-refractivity contribution is 5.72. The molecule has 0 N–H and O–H groups in total. The van der Waals surface area contributed by atoms with Crippen molar-refractivity contribution in [3.63, 3.8) is 0 Å². The second kappa shape index (κ2) is 4.00. The van der Waals surface area contributed by atoms with Crippen LogP contribution in [-0.4, -0.2) is 16.5 Å². The molecular weight excluding hydrogens is 188 g/mol. The van der Waals surface area contributed by atoms with Gasteiger partial charge in [-0.15, -0.1) is 10.2 Å². The van der Waals surface area contributed by atoms with Crippen molar-refractivity contribution in [1.29, 1.82) is 0 Å². The first-order valence-electron chi connectivity index (χ1n) is 4.65. The van der Waals surface area contributed by atoms with Crippen LogP contribution in [0.2, 0.25) is 0 Å². The van der Waals surface area contributed by atoms with Gasteiger partial charge in [-0.2, -0.15) is 0 Å². The van der Waals surface area contributed by atoms with Crippen molar-refractivity contribution in [2.24, 2.45) is 0 Å². The smallest absolute Gasteiger partial charge is 0.170 e. The zero-order valence-corrected chi connectivity index (χ0v) is 8.34.